The van der Waals surface area contributed by atoms with Crippen molar-refractivity contribution in [2.45, 2.75) is 6.92 Å². The lowest BCUT2D eigenvalue weighted by Crippen LogP contribution is -1.90. The Balaban J connectivity index is 2.72. The molecule has 0 aliphatic heterocycles. The Labute approximate surface area is 92.0 Å². The minimum absolute atomic E-state index is 0.130. The number of benzene rings is 2. The second-order valence-corrected chi connectivity index (χ2v) is 3.62. The minimum atomic E-state index is -0.680. The van der Waals surface area contributed by atoms with E-state index in [1.54, 1.807) is 19.1 Å². The van der Waals surface area contributed by atoms with Crippen molar-refractivity contribution in [2.24, 2.45) is 0 Å². The molecule has 2 aromatic rings. The quantitative estimate of drug-likeness (QED) is 0.777. The van der Waals surface area contributed by atoms with E-state index in [0.29, 0.717) is 0 Å². The molecule has 0 spiro atoms. The van der Waals surface area contributed by atoms with Gasteiger partial charge in [0.1, 0.15) is 17.4 Å². The van der Waals surface area contributed by atoms with Crippen LogP contribution in [0.1, 0.15) is 5.56 Å². The van der Waals surface area contributed by atoms with E-state index >= 15 is 0 Å². The molecule has 1 N–H and O–H groups in total. The minimum Gasteiger partial charge on any atom is -0.507 e. The fourth-order valence-corrected chi connectivity index (χ4v) is 1.61. The summed E-state index contributed by atoms with van der Waals surface area (Å²) in [5.41, 5.74) is 0.815. The van der Waals surface area contributed by atoms with E-state index in [2.05, 4.69) is 0 Å². The Morgan fingerprint density at radius 2 is 1.62 bits per heavy atom. The zero-order valence-corrected chi connectivity index (χ0v) is 8.67. The third-order valence-electron chi connectivity index (χ3n) is 2.38. The lowest BCUT2D eigenvalue weighted by molar-refractivity contribution is 0.475. The van der Waals surface area contributed by atoms with Crippen LogP contribution in [0.4, 0.5) is 8.78 Å². The van der Waals surface area contributed by atoms with E-state index in [9.17, 15) is 13.9 Å². The summed E-state index contributed by atoms with van der Waals surface area (Å²) in [6.45, 7) is 1.79. The van der Waals surface area contributed by atoms with Gasteiger partial charge in [0.2, 0.25) is 0 Å². The van der Waals surface area contributed by atoms with Crippen LogP contribution in [0.5, 0.6) is 5.75 Å². The Morgan fingerprint density at radius 1 is 1.00 bits per heavy atom. The largest absolute Gasteiger partial charge is 0.507 e. The van der Waals surface area contributed by atoms with Gasteiger partial charge in [-0.05, 0) is 31.2 Å². The highest BCUT2D eigenvalue weighted by atomic mass is 19.1. The summed E-state index contributed by atoms with van der Waals surface area (Å²) in [6, 6.07) is 8.28. The number of hydrogen-bond acceptors (Lipinski definition) is 1. The monoisotopic (exact) mass is 220 g/mol. The molecule has 0 aliphatic rings. The maximum Gasteiger partial charge on any atom is 0.134 e. The molecule has 2 aromatic carbocycles. The van der Waals surface area contributed by atoms with Crippen LogP contribution in [-0.2, 0) is 0 Å². The average Bonchev–Trinajstić information content (AvgIpc) is 2.23. The summed E-state index contributed by atoms with van der Waals surface area (Å²) in [5, 5.41) is 9.60. The maximum absolute atomic E-state index is 13.5. The molecule has 16 heavy (non-hydrogen) atoms. The Kier molecular flexibility index (Phi) is 2.60. The van der Waals surface area contributed by atoms with Gasteiger partial charge >= 0.3 is 0 Å². The molecular weight excluding hydrogens is 210 g/mol. The molecule has 0 heterocycles. The van der Waals surface area contributed by atoms with Gasteiger partial charge in [0.05, 0.1) is 5.56 Å². The first-order valence-corrected chi connectivity index (χ1v) is 4.83. The number of phenolic OH excluding ortho intramolecular Hbond substituents is 1. The molecule has 0 atom stereocenters. The summed E-state index contributed by atoms with van der Waals surface area (Å²) in [6.07, 6.45) is 0. The molecule has 0 radical (unpaired) electrons. The Morgan fingerprint density at radius 3 is 2.25 bits per heavy atom. The standard InChI is InChI=1S/C13H10F2O/c1-8-5-6-12(16)9(7-8)13-10(14)3-2-4-11(13)15/h2-7,16H,1H3. The van der Waals surface area contributed by atoms with Gasteiger partial charge in [0, 0.05) is 5.56 Å². The zero-order valence-electron chi connectivity index (χ0n) is 8.67. The van der Waals surface area contributed by atoms with Crippen molar-refractivity contribution in [3.63, 3.8) is 0 Å². The first kappa shape index (κ1) is 10.6. The predicted molar refractivity (Wildman–Crippen MR) is 58.2 cm³/mol. The highest BCUT2D eigenvalue weighted by molar-refractivity contribution is 5.71. The predicted octanol–water partition coefficient (Wildman–Crippen LogP) is 3.65. The van der Waals surface area contributed by atoms with Crippen molar-refractivity contribution in [1.29, 1.82) is 0 Å². The molecule has 3 heteroatoms. The molecule has 0 amide bonds. The number of aryl methyl sites for hydroxylation is 1. The van der Waals surface area contributed by atoms with Crippen LogP contribution in [0.25, 0.3) is 11.1 Å². The molecule has 2 rings (SSSR count). The van der Waals surface area contributed by atoms with Crippen molar-refractivity contribution in [3.8, 4) is 16.9 Å². The van der Waals surface area contributed by atoms with Gasteiger partial charge in [-0.2, -0.15) is 0 Å². The summed E-state index contributed by atoms with van der Waals surface area (Å²) >= 11 is 0. The lowest BCUT2D eigenvalue weighted by atomic mass is 10.0. The molecule has 82 valence electrons. The van der Waals surface area contributed by atoms with Gasteiger partial charge in [0.15, 0.2) is 0 Å². The molecule has 0 aliphatic carbocycles. The van der Waals surface area contributed by atoms with Crippen LogP contribution in [0.2, 0.25) is 0 Å². The Hall–Kier alpha value is -1.90. The fraction of sp³-hybridized carbons (Fsp3) is 0.0769. The van der Waals surface area contributed by atoms with Gasteiger partial charge in [-0.1, -0.05) is 17.7 Å². The molecule has 0 aromatic heterocycles. The van der Waals surface area contributed by atoms with Crippen molar-refractivity contribution < 1.29 is 13.9 Å². The first-order valence-electron chi connectivity index (χ1n) is 4.83. The molecule has 1 nitrogen and oxygen atoms in total. The van der Waals surface area contributed by atoms with Gasteiger partial charge < -0.3 is 5.11 Å². The van der Waals surface area contributed by atoms with Crippen LogP contribution < -0.4 is 0 Å². The van der Waals surface area contributed by atoms with Crippen LogP contribution in [0.3, 0.4) is 0 Å². The third kappa shape index (κ3) is 1.76. The van der Waals surface area contributed by atoms with Gasteiger partial charge in [-0.25, -0.2) is 8.78 Å². The zero-order chi connectivity index (χ0) is 11.7. The van der Waals surface area contributed by atoms with E-state index in [1.165, 1.54) is 24.3 Å². The van der Waals surface area contributed by atoms with Gasteiger partial charge in [-0.15, -0.1) is 0 Å². The number of rotatable bonds is 1. The molecular formula is C13H10F2O. The molecule has 0 bridgehead atoms. The number of aromatic hydroxyl groups is 1. The second kappa shape index (κ2) is 3.93. The van der Waals surface area contributed by atoms with Crippen molar-refractivity contribution in [3.05, 3.63) is 53.6 Å². The van der Waals surface area contributed by atoms with E-state index in [-0.39, 0.29) is 16.9 Å². The molecule has 0 unspecified atom stereocenters. The van der Waals surface area contributed by atoms with E-state index in [0.717, 1.165) is 5.56 Å². The highest BCUT2D eigenvalue weighted by Gasteiger charge is 2.14. The van der Waals surface area contributed by atoms with Crippen LogP contribution in [0.15, 0.2) is 36.4 Å². The van der Waals surface area contributed by atoms with Gasteiger partial charge in [-0.3, -0.25) is 0 Å². The smallest absolute Gasteiger partial charge is 0.134 e. The van der Waals surface area contributed by atoms with Crippen molar-refractivity contribution >= 4 is 0 Å². The summed E-state index contributed by atoms with van der Waals surface area (Å²) in [5.74, 6) is -1.49. The van der Waals surface area contributed by atoms with E-state index < -0.39 is 11.6 Å². The average molecular weight is 220 g/mol. The lowest BCUT2D eigenvalue weighted by Gasteiger charge is -2.08. The topological polar surface area (TPSA) is 20.2 Å². The second-order valence-electron chi connectivity index (χ2n) is 3.62. The maximum atomic E-state index is 13.5. The summed E-state index contributed by atoms with van der Waals surface area (Å²) < 4.78 is 27.0. The van der Waals surface area contributed by atoms with Crippen molar-refractivity contribution in [1.82, 2.24) is 0 Å². The van der Waals surface area contributed by atoms with Crippen LogP contribution in [0, 0.1) is 18.6 Å². The van der Waals surface area contributed by atoms with E-state index in [1.807, 2.05) is 0 Å². The summed E-state index contributed by atoms with van der Waals surface area (Å²) in [7, 11) is 0. The SMILES string of the molecule is Cc1ccc(O)c(-c2c(F)cccc2F)c1. The number of halogens is 2. The Bertz CT molecular complexity index is 515. The molecule has 0 saturated carbocycles. The van der Waals surface area contributed by atoms with Crippen LogP contribution in [-0.4, -0.2) is 5.11 Å². The van der Waals surface area contributed by atoms with Gasteiger partial charge in [0.25, 0.3) is 0 Å². The van der Waals surface area contributed by atoms with Crippen LogP contribution >= 0.6 is 0 Å². The number of phenols is 1. The van der Waals surface area contributed by atoms with E-state index in [4.69, 9.17) is 0 Å². The highest BCUT2D eigenvalue weighted by Crippen LogP contribution is 2.33. The summed E-state index contributed by atoms with van der Waals surface area (Å²) in [4.78, 5) is 0. The fourth-order valence-electron chi connectivity index (χ4n) is 1.61. The first-order chi connectivity index (χ1) is 7.59. The van der Waals surface area contributed by atoms with Crippen molar-refractivity contribution in [2.75, 3.05) is 0 Å². The number of hydrogen-bond donors (Lipinski definition) is 1. The molecule has 0 saturated heterocycles. The molecule has 0 fully saturated rings. The normalized spacial score (nSPS) is 10.4. The third-order valence-corrected chi connectivity index (χ3v) is 2.38.